The molecule has 6 nitrogen and oxygen atoms in total. The summed E-state index contributed by atoms with van der Waals surface area (Å²) in [7, 11) is 1.75. The molecule has 2 atom stereocenters. The molecule has 1 amide bonds. The highest BCUT2D eigenvalue weighted by Gasteiger charge is 2.33. The lowest BCUT2D eigenvalue weighted by Gasteiger charge is -2.38. The van der Waals surface area contributed by atoms with Crippen molar-refractivity contribution in [2.24, 2.45) is 5.41 Å². The second-order valence-corrected chi connectivity index (χ2v) is 7.88. The summed E-state index contributed by atoms with van der Waals surface area (Å²) in [4.78, 5) is 12.0. The Morgan fingerprint density at radius 2 is 1.92 bits per heavy atom. The molecular formula is C18H36N2O4. The maximum absolute atomic E-state index is 12.0. The minimum atomic E-state index is -0.483. The van der Waals surface area contributed by atoms with Gasteiger partial charge >= 0.3 is 6.09 Å². The van der Waals surface area contributed by atoms with Crippen LogP contribution in [0.3, 0.4) is 0 Å². The molecule has 0 spiro atoms. The SMILES string of the molecule is CCC(NCC1(COC)CCOCC1)C(C)NC(=O)OC(C)(C)C. The Morgan fingerprint density at radius 3 is 2.42 bits per heavy atom. The largest absolute Gasteiger partial charge is 0.444 e. The quantitative estimate of drug-likeness (QED) is 0.708. The number of hydrogen-bond donors (Lipinski definition) is 2. The number of amides is 1. The number of ether oxygens (including phenoxy) is 3. The lowest BCUT2D eigenvalue weighted by atomic mass is 9.80. The minimum Gasteiger partial charge on any atom is -0.444 e. The summed E-state index contributed by atoms with van der Waals surface area (Å²) in [5.74, 6) is 0. The van der Waals surface area contributed by atoms with Gasteiger partial charge in [-0.25, -0.2) is 4.79 Å². The van der Waals surface area contributed by atoms with Crippen molar-refractivity contribution in [3.05, 3.63) is 0 Å². The summed E-state index contributed by atoms with van der Waals surface area (Å²) < 4.78 is 16.3. The van der Waals surface area contributed by atoms with Crippen LogP contribution in [0.2, 0.25) is 0 Å². The Morgan fingerprint density at radius 1 is 1.29 bits per heavy atom. The average Bonchev–Trinajstić information content (AvgIpc) is 2.47. The van der Waals surface area contributed by atoms with Crippen LogP contribution < -0.4 is 10.6 Å². The van der Waals surface area contributed by atoms with Crippen molar-refractivity contribution in [2.45, 2.75) is 71.6 Å². The number of carbonyl (C=O) groups is 1. The van der Waals surface area contributed by atoms with Crippen LogP contribution in [0.4, 0.5) is 4.79 Å². The number of alkyl carbamates (subject to hydrolysis) is 1. The molecule has 1 saturated heterocycles. The lowest BCUT2D eigenvalue weighted by Crippen LogP contribution is -2.53. The Bertz CT molecular complexity index is 370. The second kappa shape index (κ2) is 9.59. The van der Waals surface area contributed by atoms with E-state index in [4.69, 9.17) is 14.2 Å². The third kappa shape index (κ3) is 7.36. The highest BCUT2D eigenvalue weighted by Crippen LogP contribution is 2.30. The average molecular weight is 344 g/mol. The molecule has 2 N–H and O–H groups in total. The van der Waals surface area contributed by atoms with E-state index in [1.165, 1.54) is 0 Å². The molecule has 2 unspecified atom stereocenters. The summed E-state index contributed by atoms with van der Waals surface area (Å²) in [5.41, 5.74) is -0.365. The van der Waals surface area contributed by atoms with E-state index >= 15 is 0 Å². The molecule has 1 fully saturated rings. The van der Waals surface area contributed by atoms with Gasteiger partial charge in [-0.05, 0) is 47.0 Å². The zero-order valence-electron chi connectivity index (χ0n) is 16.2. The lowest BCUT2D eigenvalue weighted by molar-refractivity contribution is -0.0285. The molecule has 0 saturated carbocycles. The summed E-state index contributed by atoms with van der Waals surface area (Å²) in [6.45, 7) is 12.9. The van der Waals surface area contributed by atoms with E-state index in [9.17, 15) is 4.79 Å². The van der Waals surface area contributed by atoms with Crippen LogP contribution in [0.15, 0.2) is 0 Å². The number of hydrogen-bond acceptors (Lipinski definition) is 5. The van der Waals surface area contributed by atoms with Crippen LogP contribution in [-0.2, 0) is 14.2 Å². The van der Waals surface area contributed by atoms with Gasteiger partial charge in [-0.3, -0.25) is 0 Å². The number of carbonyl (C=O) groups excluding carboxylic acids is 1. The van der Waals surface area contributed by atoms with Gasteiger partial charge in [-0.15, -0.1) is 0 Å². The van der Waals surface area contributed by atoms with Crippen LogP contribution in [-0.4, -0.2) is 57.3 Å². The van der Waals surface area contributed by atoms with Gasteiger partial charge in [0.05, 0.1) is 6.61 Å². The number of nitrogens with one attached hydrogen (secondary N) is 2. The Hall–Kier alpha value is -0.850. The van der Waals surface area contributed by atoms with Crippen LogP contribution in [0.1, 0.15) is 53.9 Å². The Labute approximate surface area is 147 Å². The maximum Gasteiger partial charge on any atom is 0.407 e. The molecule has 1 aliphatic heterocycles. The third-order valence-electron chi connectivity index (χ3n) is 4.53. The molecule has 0 aromatic heterocycles. The Balaban J connectivity index is 2.54. The smallest absolute Gasteiger partial charge is 0.407 e. The highest BCUT2D eigenvalue weighted by atomic mass is 16.6. The zero-order valence-corrected chi connectivity index (χ0v) is 16.2. The van der Waals surface area contributed by atoms with Crippen LogP contribution in [0, 0.1) is 5.41 Å². The van der Waals surface area contributed by atoms with Crippen molar-refractivity contribution in [2.75, 3.05) is 33.5 Å². The van der Waals surface area contributed by atoms with Crippen molar-refractivity contribution in [1.82, 2.24) is 10.6 Å². The van der Waals surface area contributed by atoms with Gasteiger partial charge in [0.25, 0.3) is 0 Å². The van der Waals surface area contributed by atoms with Gasteiger partial charge in [0.1, 0.15) is 5.60 Å². The van der Waals surface area contributed by atoms with Gasteiger partial charge in [0, 0.05) is 44.4 Å². The van der Waals surface area contributed by atoms with E-state index in [0.717, 1.165) is 45.6 Å². The monoisotopic (exact) mass is 344 g/mol. The first-order valence-corrected chi connectivity index (χ1v) is 9.01. The van der Waals surface area contributed by atoms with Crippen molar-refractivity contribution in [3.63, 3.8) is 0 Å². The highest BCUT2D eigenvalue weighted by molar-refractivity contribution is 5.68. The van der Waals surface area contributed by atoms with Crippen LogP contribution >= 0.6 is 0 Å². The minimum absolute atomic E-state index is 0.00992. The van der Waals surface area contributed by atoms with Gasteiger partial charge in [-0.2, -0.15) is 0 Å². The molecule has 0 aliphatic carbocycles. The molecule has 0 aromatic rings. The summed E-state index contributed by atoms with van der Waals surface area (Å²) in [6.07, 6.45) is 2.56. The first-order valence-electron chi connectivity index (χ1n) is 9.01. The molecule has 1 heterocycles. The summed E-state index contributed by atoms with van der Waals surface area (Å²) >= 11 is 0. The normalized spacial score (nSPS) is 20.2. The van der Waals surface area contributed by atoms with Gasteiger partial charge in [0.15, 0.2) is 0 Å². The predicted molar refractivity (Wildman–Crippen MR) is 95.3 cm³/mol. The van der Waals surface area contributed by atoms with Crippen molar-refractivity contribution in [1.29, 1.82) is 0 Å². The molecule has 0 bridgehead atoms. The molecule has 142 valence electrons. The van der Waals surface area contributed by atoms with E-state index in [2.05, 4.69) is 17.6 Å². The maximum atomic E-state index is 12.0. The third-order valence-corrected chi connectivity index (χ3v) is 4.53. The first-order chi connectivity index (χ1) is 11.2. The fraction of sp³-hybridized carbons (Fsp3) is 0.944. The molecular weight excluding hydrogens is 308 g/mol. The van der Waals surface area contributed by atoms with Crippen LogP contribution in [0.5, 0.6) is 0 Å². The molecule has 6 heteroatoms. The fourth-order valence-corrected chi connectivity index (χ4v) is 3.10. The molecule has 24 heavy (non-hydrogen) atoms. The molecule has 0 aromatic carbocycles. The second-order valence-electron chi connectivity index (χ2n) is 7.88. The fourth-order valence-electron chi connectivity index (χ4n) is 3.10. The van der Waals surface area contributed by atoms with Crippen molar-refractivity contribution >= 4 is 6.09 Å². The summed E-state index contributed by atoms with van der Waals surface area (Å²) in [6, 6.07) is 0.179. The van der Waals surface area contributed by atoms with Crippen LogP contribution in [0.25, 0.3) is 0 Å². The van der Waals surface area contributed by atoms with Crippen molar-refractivity contribution < 1.29 is 19.0 Å². The molecule has 1 aliphatic rings. The number of methoxy groups -OCH3 is 1. The predicted octanol–water partition coefficient (Wildman–Crippen LogP) is 2.71. The van der Waals surface area contributed by atoms with E-state index in [0.29, 0.717) is 0 Å². The van der Waals surface area contributed by atoms with E-state index in [1.54, 1.807) is 7.11 Å². The number of rotatable bonds is 8. The zero-order chi connectivity index (χ0) is 18.2. The van der Waals surface area contributed by atoms with Gasteiger partial charge in [0.2, 0.25) is 0 Å². The van der Waals surface area contributed by atoms with Crippen molar-refractivity contribution in [3.8, 4) is 0 Å². The van der Waals surface area contributed by atoms with E-state index in [1.807, 2.05) is 27.7 Å². The van der Waals surface area contributed by atoms with Gasteiger partial charge < -0.3 is 24.8 Å². The standard InChI is InChI=1S/C18H36N2O4/c1-7-15(14(2)20-16(21)24-17(3,4)5)19-12-18(13-22-6)8-10-23-11-9-18/h14-15,19H,7-13H2,1-6H3,(H,20,21). The van der Waals surface area contributed by atoms with E-state index in [-0.39, 0.29) is 23.6 Å². The first kappa shape index (κ1) is 21.2. The molecule has 1 rings (SSSR count). The Kier molecular flexibility index (Phi) is 8.46. The van der Waals surface area contributed by atoms with Gasteiger partial charge in [-0.1, -0.05) is 6.92 Å². The van der Waals surface area contributed by atoms with E-state index < -0.39 is 5.60 Å². The summed E-state index contributed by atoms with van der Waals surface area (Å²) in [5, 5.41) is 6.57. The topological polar surface area (TPSA) is 68.8 Å². The molecule has 0 radical (unpaired) electrons.